The second-order valence-electron chi connectivity index (χ2n) is 2.99. The zero-order valence-electron chi connectivity index (χ0n) is 7.21. The number of hydrogen-bond donors (Lipinski definition) is 1. The van der Waals surface area contributed by atoms with Crippen LogP contribution in [0, 0.1) is 6.92 Å². The lowest BCUT2D eigenvalue weighted by Gasteiger charge is -2.05. The molecule has 2 aromatic rings. The Kier molecular flexibility index (Phi) is 1.96. The van der Waals surface area contributed by atoms with Crippen LogP contribution in [0.3, 0.4) is 0 Å². The van der Waals surface area contributed by atoms with Crippen molar-refractivity contribution in [1.29, 1.82) is 0 Å². The fraction of sp³-hybridized carbons (Fsp3) is 0.100. The van der Waals surface area contributed by atoms with Gasteiger partial charge in [0, 0.05) is 21.4 Å². The summed E-state index contributed by atoms with van der Waals surface area (Å²) in [6.07, 6.45) is 1.74. The highest BCUT2D eigenvalue weighted by molar-refractivity contribution is 9.10. The molecule has 0 aliphatic heterocycles. The molecule has 0 aliphatic rings. The molecule has 1 aromatic heterocycles. The van der Waals surface area contributed by atoms with E-state index in [9.17, 15) is 0 Å². The van der Waals surface area contributed by atoms with E-state index in [-0.39, 0.29) is 0 Å². The predicted octanol–water partition coefficient (Wildman–Crippen LogP) is 2.89. The SMILES string of the molecule is Cc1cccc2c(N)ncc(Br)c12. The van der Waals surface area contributed by atoms with Crippen LogP contribution in [0.2, 0.25) is 0 Å². The lowest BCUT2D eigenvalue weighted by Crippen LogP contribution is -1.92. The van der Waals surface area contributed by atoms with Gasteiger partial charge in [0.05, 0.1) is 0 Å². The van der Waals surface area contributed by atoms with E-state index in [0.717, 1.165) is 15.2 Å². The molecule has 0 saturated heterocycles. The van der Waals surface area contributed by atoms with Crippen LogP contribution < -0.4 is 5.73 Å². The number of nitrogens with two attached hydrogens (primary N) is 1. The van der Waals surface area contributed by atoms with Crippen LogP contribution in [0.15, 0.2) is 28.9 Å². The van der Waals surface area contributed by atoms with Crippen molar-refractivity contribution in [2.45, 2.75) is 6.92 Å². The first-order valence-electron chi connectivity index (χ1n) is 3.99. The minimum absolute atomic E-state index is 0.585. The highest BCUT2D eigenvalue weighted by Crippen LogP contribution is 2.28. The molecule has 2 nitrogen and oxygen atoms in total. The normalized spacial score (nSPS) is 10.6. The molecule has 13 heavy (non-hydrogen) atoms. The molecule has 0 spiro atoms. The summed E-state index contributed by atoms with van der Waals surface area (Å²) in [5.74, 6) is 0.585. The Balaban J connectivity index is 3.00. The summed E-state index contributed by atoms with van der Waals surface area (Å²) in [5.41, 5.74) is 6.97. The predicted molar refractivity (Wildman–Crippen MR) is 58.6 cm³/mol. The number of nitrogens with zero attached hydrogens (tertiary/aromatic N) is 1. The Labute approximate surface area is 84.9 Å². The van der Waals surface area contributed by atoms with Crippen LogP contribution in [0.25, 0.3) is 10.8 Å². The molecule has 2 N–H and O–H groups in total. The van der Waals surface area contributed by atoms with E-state index in [1.165, 1.54) is 5.56 Å². The highest BCUT2D eigenvalue weighted by Gasteiger charge is 2.04. The first-order valence-corrected chi connectivity index (χ1v) is 4.79. The van der Waals surface area contributed by atoms with Gasteiger partial charge in [0.15, 0.2) is 0 Å². The first-order chi connectivity index (χ1) is 6.20. The number of nitrogen functional groups attached to an aromatic ring is 1. The van der Waals surface area contributed by atoms with Crippen molar-refractivity contribution >= 4 is 32.5 Å². The number of anilines is 1. The molecule has 0 unspecified atom stereocenters. The van der Waals surface area contributed by atoms with Crippen molar-refractivity contribution in [2.24, 2.45) is 0 Å². The van der Waals surface area contributed by atoms with E-state index >= 15 is 0 Å². The van der Waals surface area contributed by atoms with Gasteiger partial charge in [-0.3, -0.25) is 0 Å². The monoisotopic (exact) mass is 236 g/mol. The van der Waals surface area contributed by atoms with Gasteiger partial charge < -0.3 is 5.73 Å². The summed E-state index contributed by atoms with van der Waals surface area (Å²) >= 11 is 3.46. The number of aromatic nitrogens is 1. The second-order valence-corrected chi connectivity index (χ2v) is 3.84. The van der Waals surface area contributed by atoms with Gasteiger partial charge in [0.25, 0.3) is 0 Å². The van der Waals surface area contributed by atoms with Crippen LogP contribution >= 0.6 is 15.9 Å². The molecule has 0 aliphatic carbocycles. The van der Waals surface area contributed by atoms with Crippen molar-refractivity contribution in [2.75, 3.05) is 5.73 Å². The second kappa shape index (κ2) is 3.00. The third kappa shape index (κ3) is 1.29. The van der Waals surface area contributed by atoms with Crippen molar-refractivity contribution in [1.82, 2.24) is 4.98 Å². The summed E-state index contributed by atoms with van der Waals surface area (Å²) in [5, 5.41) is 2.16. The number of halogens is 1. The van der Waals surface area contributed by atoms with E-state index in [1.807, 2.05) is 12.1 Å². The lowest BCUT2D eigenvalue weighted by molar-refractivity contribution is 1.34. The number of pyridine rings is 1. The summed E-state index contributed by atoms with van der Waals surface area (Å²) in [7, 11) is 0. The van der Waals surface area contributed by atoms with Crippen LogP contribution in [-0.2, 0) is 0 Å². The number of benzene rings is 1. The van der Waals surface area contributed by atoms with Gasteiger partial charge in [-0.25, -0.2) is 4.98 Å². The molecule has 0 radical (unpaired) electrons. The first kappa shape index (κ1) is 8.51. The molecule has 3 heteroatoms. The van der Waals surface area contributed by atoms with E-state index in [2.05, 4.69) is 33.9 Å². The summed E-state index contributed by atoms with van der Waals surface area (Å²) in [6, 6.07) is 6.03. The van der Waals surface area contributed by atoms with Gasteiger partial charge in [-0.2, -0.15) is 0 Å². The molecule has 66 valence electrons. The third-order valence-corrected chi connectivity index (χ3v) is 2.71. The Morgan fingerprint density at radius 1 is 1.38 bits per heavy atom. The fourth-order valence-corrected chi connectivity index (χ4v) is 2.09. The fourth-order valence-electron chi connectivity index (χ4n) is 1.46. The average molecular weight is 237 g/mol. The molecule has 0 saturated carbocycles. The molecule has 1 aromatic carbocycles. The average Bonchev–Trinajstić information content (AvgIpc) is 2.12. The highest BCUT2D eigenvalue weighted by atomic mass is 79.9. The molecule has 0 atom stereocenters. The Morgan fingerprint density at radius 2 is 2.15 bits per heavy atom. The van der Waals surface area contributed by atoms with Gasteiger partial charge in [-0.05, 0) is 28.4 Å². The quantitative estimate of drug-likeness (QED) is 0.765. The van der Waals surface area contributed by atoms with Crippen molar-refractivity contribution in [3.63, 3.8) is 0 Å². The van der Waals surface area contributed by atoms with E-state index in [0.29, 0.717) is 5.82 Å². The molecule has 0 fully saturated rings. The number of fused-ring (bicyclic) bond motifs is 1. The minimum Gasteiger partial charge on any atom is -0.383 e. The molecule has 0 bridgehead atoms. The van der Waals surface area contributed by atoms with Gasteiger partial charge >= 0.3 is 0 Å². The van der Waals surface area contributed by atoms with Crippen LogP contribution in [0.4, 0.5) is 5.82 Å². The maximum absolute atomic E-state index is 5.76. The maximum Gasteiger partial charge on any atom is 0.131 e. The lowest BCUT2D eigenvalue weighted by atomic mass is 10.1. The Bertz CT molecular complexity index is 457. The van der Waals surface area contributed by atoms with Crippen molar-refractivity contribution in [3.05, 3.63) is 34.4 Å². The van der Waals surface area contributed by atoms with Gasteiger partial charge in [-0.15, -0.1) is 0 Å². The molecule has 0 amide bonds. The largest absolute Gasteiger partial charge is 0.383 e. The summed E-state index contributed by atoms with van der Waals surface area (Å²) < 4.78 is 0.995. The summed E-state index contributed by atoms with van der Waals surface area (Å²) in [4.78, 5) is 4.08. The van der Waals surface area contributed by atoms with Crippen LogP contribution in [0.1, 0.15) is 5.56 Å². The smallest absolute Gasteiger partial charge is 0.131 e. The van der Waals surface area contributed by atoms with Gasteiger partial charge in [0.2, 0.25) is 0 Å². The minimum atomic E-state index is 0.585. The number of hydrogen-bond acceptors (Lipinski definition) is 2. The Morgan fingerprint density at radius 3 is 2.85 bits per heavy atom. The van der Waals surface area contributed by atoms with Gasteiger partial charge in [0.1, 0.15) is 5.82 Å². The van der Waals surface area contributed by atoms with Crippen molar-refractivity contribution < 1.29 is 0 Å². The molecule has 2 rings (SSSR count). The topological polar surface area (TPSA) is 38.9 Å². The van der Waals surface area contributed by atoms with E-state index in [1.54, 1.807) is 6.20 Å². The van der Waals surface area contributed by atoms with Crippen LogP contribution in [-0.4, -0.2) is 4.98 Å². The molecular weight excluding hydrogens is 228 g/mol. The molecule has 1 heterocycles. The van der Waals surface area contributed by atoms with Gasteiger partial charge in [-0.1, -0.05) is 18.2 Å². The van der Waals surface area contributed by atoms with Crippen molar-refractivity contribution in [3.8, 4) is 0 Å². The van der Waals surface area contributed by atoms with E-state index in [4.69, 9.17) is 5.73 Å². The summed E-state index contributed by atoms with van der Waals surface area (Å²) in [6.45, 7) is 2.06. The number of rotatable bonds is 0. The number of aryl methyl sites for hydroxylation is 1. The standard InChI is InChI=1S/C10H9BrN2/c1-6-3-2-4-7-9(6)8(11)5-13-10(7)12/h2-5H,1H3,(H2,12,13). The maximum atomic E-state index is 5.76. The third-order valence-electron chi connectivity index (χ3n) is 2.10. The molecular formula is C10H9BrN2. The Hall–Kier alpha value is -1.09. The van der Waals surface area contributed by atoms with E-state index < -0.39 is 0 Å². The zero-order chi connectivity index (χ0) is 9.42. The zero-order valence-corrected chi connectivity index (χ0v) is 8.80. The van der Waals surface area contributed by atoms with Crippen LogP contribution in [0.5, 0.6) is 0 Å².